The van der Waals surface area contributed by atoms with Crippen molar-refractivity contribution in [3.63, 3.8) is 0 Å². The van der Waals surface area contributed by atoms with Crippen LogP contribution in [-0.4, -0.2) is 51.4 Å². The van der Waals surface area contributed by atoms with Gasteiger partial charge in [0.1, 0.15) is 17.5 Å². The monoisotopic (exact) mass is 598 g/mol. The van der Waals surface area contributed by atoms with Gasteiger partial charge in [-0.3, -0.25) is 14.0 Å². The molecule has 4 heterocycles. The number of hydrogen-bond acceptors (Lipinski definition) is 8. The Morgan fingerprint density at radius 1 is 1.14 bits per heavy atom. The van der Waals surface area contributed by atoms with Crippen molar-refractivity contribution in [2.45, 2.75) is 63.0 Å². The Balaban J connectivity index is 1.50. The number of hydrogen-bond donors (Lipinski definition) is 1. The van der Waals surface area contributed by atoms with Crippen molar-refractivity contribution in [2.75, 3.05) is 18.2 Å². The summed E-state index contributed by atoms with van der Waals surface area (Å²) in [6.45, 7) is 2.32. The maximum Gasteiger partial charge on any atom is 0.295 e. The third-order valence-corrected chi connectivity index (χ3v) is 8.83. The molecule has 2 aliphatic rings. The second-order valence-corrected chi connectivity index (χ2v) is 13.1. The van der Waals surface area contributed by atoms with E-state index in [1.54, 1.807) is 36.0 Å². The number of anilines is 2. The van der Waals surface area contributed by atoms with Crippen LogP contribution in [0.15, 0.2) is 35.4 Å². The minimum atomic E-state index is -3.74. The van der Waals surface area contributed by atoms with E-state index < -0.39 is 28.3 Å². The molecule has 1 unspecified atom stereocenters. The molecule has 1 aromatic carbocycles. The molecule has 0 bridgehead atoms. The zero-order valence-electron chi connectivity index (χ0n) is 23.6. The molecule has 0 spiro atoms. The van der Waals surface area contributed by atoms with E-state index in [0.29, 0.717) is 30.0 Å². The smallest absolute Gasteiger partial charge is 0.295 e. The summed E-state index contributed by atoms with van der Waals surface area (Å²) in [6.07, 6.45) is 3.22. The highest BCUT2D eigenvalue weighted by Crippen LogP contribution is 2.38. The van der Waals surface area contributed by atoms with Gasteiger partial charge in [0.25, 0.3) is 6.43 Å². The molecular formula is C29H32F2N6O4S. The fraction of sp³-hybridized carbons (Fsp3) is 0.448. The number of benzene rings is 1. The number of nitrogens with one attached hydrogen (secondary N) is 1. The molecular weight excluding hydrogens is 566 g/mol. The first kappa shape index (κ1) is 28.4. The van der Waals surface area contributed by atoms with E-state index in [2.05, 4.69) is 20.4 Å². The van der Waals surface area contributed by atoms with Gasteiger partial charge in [-0.15, -0.1) is 0 Å². The van der Waals surface area contributed by atoms with Crippen molar-refractivity contribution in [1.29, 1.82) is 0 Å². The lowest BCUT2D eigenvalue weighted by Crippen LogP contribution is -2.21. The SMILES string of the molecule is Cc1cn(C)nc1-c1ccc(Nc2cc(CC(=O)C3CC3)nc3c2nc(C(F)F)n3C2CCCCO2)c(S(C)(=O)=O)c1. The zero-order valence-corrected chi connectivity index (χ0v) is 24.4. The van der Waals surface area contributed by atoms with Crippen molar-refractivity contribution in [3.05, 3.63) is 47.5 Å². The predicted octanol–water partition coefficient (Wildman–Crippen LogP) is 5.45. The summed E-state index contributed by atoms with van der Waals surface area (Å²) in [5, 5.41) is 7.60. The average Bonchev–Trinajstić information content (AvgIpc) is 3.64. The van der Waals surface area contributed by atoms with Gasteiger partial charge in [-0.1, -0.05) is 6.07 Å². The number of nitrogens with zero attached hydrogens (tertiary/aromatic N) is 5. The fourth-order valence-corrected chi connectivity index (χ4v) is 6.39. The van der Waals surface area contributed by atoms with Gasteiger partial charge in [-0.25, -0.2) is 27.2 Å². The Bertz CT molecular complexity index is 1790. The van der Waals surface area contributed by atoms with Crippen LogP contribution in [0.25, 0.3) is 22.4 Å². The molecule has 1 N–H and O–H groups in total. The first-order chi connectivity index (χ1) is 20.0. The molecule has 0 radical (unpaired) electrons. The Labute approximate surface area is 242 Å². The molecule has 10 nitrogen and oxygen atoms in total. The van der Waals surface area contributed by atoms with Crippen LogP contribution in [-0.2, 0) is 32.8 Å². The Hall–Kier alpha value is -3.71. The quantitative estimate of drug-likeness (QED) is 0.270. The summed E-state index contributed by atoms with van der Waals surface area (Å²) in [4.78, 5) is 21.7. The lowest BCUT2D eigenvalue weighted by atomic mass is 10.1. The largest absolute Gasteiger partial charge is 0.358 e. The molecule has 6 rings (SSSR count). The van der Waals surface area contributed by atoms with Gasteiger partial charge in [0.2, 0.25) is 0 Å². The summed E-state index contributed by atoms with van der Waals surface area (Å²) in [5.41, 5.74) is 3.37. The van der Waals surface area contributed by atoms with E-state index >= 15 is 0 Å². The van der Waals surface area contributed by atoms with Crippen LogP contribution in [0.5, 0.6) is 0 Å². The Morgan fingerprint density at radius 3 is 2.55 bits per heavy atom. The molecule has 0 amide bonds. The number of pyridine rings is 1. The molecule has 222 valence electrons. The number of aryl methyl sites for hydroxylation is 2. The van der Waals surface area contributed by atoms with Crippen molar-refractivity contribution in [3.8, 4) is 11.3 Å². The Morgan fingerprint density at radius 2 is 1.93 bits per heavy atom. The number of ketones is 1. The number of carbonyl (C=O) groups is 1. The number of sulfone groups is 1. The number of Topliss-reactive ketones (excluding diaryl/α,β-unsaturated/α-hetero) is 1. The first-order valence-electron chi connectivity index (χ1n) is 14.0. The maximum absolute atomic E-state index is 14.3. The standard InChI is InChI=1S/C29H32F2N6O4S/c1-16-15-36(2)35-25(16)18-9-10-20(23(12-18)42(3,39)40)33-21-13-19(14-22(38)17-7-8-17)32-28-26(21)34-29(27(30)31)37(28)24-6-4-5-11-41-24/h9-10,12-13,15,17,24,27H,4-8,11,14H2,1-3H3,(H,32,33). The molecule has 1 aliphatic heterocycles. The van der Waals surface area contributed by atoms with Gasteiger partial charge in [0, 0.05) is 44.0 Å². The second kappa shape index (κ2) is 10.8. The molecule has 1 atom stereocenters. The number of carbonyl (C=O) groups excluding carboxylic acids is 1. The predicted molar refractivity (Wildman–Crippen MR) is 153 cm³/mol. The average molecular weight is 599 g/mol. The van der Waals surface area contributed by atoms with Gasteiger partial charge < -0.3 is 10.1 Å². The number of ether oxygens (including phenoxy) is 1. The van der Waals surface area contributed by atoms with Gasteiger partial charge in [0.15, 0.2) is 21.3 Å². The second-order valence-electron chi connectivity index (χ2n) is 11.2. The fourth-order valence-electron chi connectivity index (χ4n) is 5.53. The van der Waals surface area contributed by atoms with Gasteiger partial charge >= 0.3 is 0 Å². The third-order valence-electron chi connectivity index (χ3n) is 7.69. The normalized spacial score (nSPS) is 17.7. The molecule has 4 aromatic rings. The maximum atomic E-state index is 14.3. The number of alkyl halides is 2. The summed E-state index contributed by atoms with van der Waals surface area (Å²) < 4.78 is 63.5. The van der Waals surface area contributed by atoms with Gasteiger partial charge in [-0.05, 0) is 62.8 Å². The van der Waals surface area contributed by atoms with E-state index in [-0.39, 0.29) is 45.6 Å². The van der Waals surface area contributed by atoms with Crippen molar-refractivity contribution in [2.24, 2.45) is 13.0 Å². The number of halogens is 2. The van der Waals surface area contributed by atoms with E-state index in [0.717, 1.165) is 37.5 Å². The summed E-state index contributed by atoms with van der Waals surface area (Å²) in [7, 11) is -1.95. The molecule has 3 aromatic heterocycles. The lowest BCUT2D eigenvalue weighted by Gasteiger charge is -2.25. The highest BCUT2D eigenvalue weighted by atomic mass is 32.2. The van der Waals surface area contributed by atoms with Crippen LogP contribution in [0.2, 0.25) is 0 Å². The molecule has 1 aliphatic carbocycles. The van der Waals surface area contributed by atoms with Crippen LogP contribution < -0.4 is 5.32 Å². The van der Waals surface area contributed by atoms with Crippen LogP contribution in [0.3, 0.4) is 0 Å². The van der Waals surface area contributed by atoms with Crippen LogP contribution >= 0.6 is 0 Å². The third kappa shape index (κ3) is 5.54. The molecule has 13 heteroatoms. The topological polar surface area (TPSA) is 121 Å². The number of rotatable bonds is 9. The number of fused-ring (bicyclic) bond motifs is 1. The van der Waals surface area contributed by atoms with Crippen molar-refractivity contribution < 1.29 is 26.7 Å². The van der Waals surface area contributed by atoms with E-state index in [1.165, 1.54) is 4.57 Å². The van der Waals surface area contributed by atoms with Gasteiger partial charge in [-0.2, -0.15) is 5.10 Å². The van der Waals surface area contributed by atoms with Crippen LogP contribution in [0.4, 0.5) is 20.2 Å². The van der Waals surface area contributed by atoms with Crippen LogP contribution in [0.1, 0.15) is 61.8 Å². The molecule has 2 fully saturated rings. The minimum absolute atomic E-state index is 0.00903. The highest BCUT2D eigenvalue weighted by molar-refractivity contribution is 7.90. The molecule has 42 heavy (non-hydrogen) atoms. The molecule has 1 saturated carbocycles. The summed E-state index contributed by atoms with van der Waals surface area (Å²) in [5.74, 6) is -0.460. The summed E-state index contributed by atoms with van der Waals surface area (Å²) >= 11 is 0. The van der Waals surface area contributed by atoms with Crippen molar-refractivity contribution >= 4 is 38.2 Å². The minimum Gasteiger partial charge on any atom is -0.358 e. The first-order valence-corrected chi connectivity index (χ1v) is 15.8. The number of imidazole rings is 1. The number of aromatic nitrogens is 5. The summed E-state index contributed by atoms with van der Waals surface area (Å²) in [6, 6.07) is 6.51. The van der Waals surface area contributed by atoms with E-state index in [4.69, 9.17) is 4.74 Å². The Kier molecular flexibility index (Phi) is 7.34. The van der Waals surface area contributed by atoms with E-state index in [9.17, 15) is 22.0 Å². The van der Waals surface area contributed by atoms with E-state index in [1.807, 2.05) is 13.1 Å². The highest BCUT2D eigenvalue weighted by Gasteiger charge is 2.32. The van der Waals surface area contributed by atoms with Crippen molar-refractivity contribution in [1.82, 2.24) is 24.3 Å². The van der Waals surface area contributed by atoms with Gasteiger partial charge in [0.05, 0.1) is 27.7 Å². The van der Waals surface area contributed by atoms with Crippen LogP contribution in [0, 0.1) is 12.8 Å². The zero-order chi connectivity index (χ0) is 29.8. The lowest BCUT2D eigenvalue weighted by molar-refractivity contribution is -0.119. The molecule has 1 saturated heterocycles.